The van der Waals surface area contributed by atoms with E-state index in [1.54, 1.807) is 0 Å². The smallest absolute Gasteiger partial charge is 0.0135 e. The van der Waals surface area contributed by atoms with E-state index in [-0.39, 0.29) is 0 Å². The van der Waals surface area contributed by atoms with Gasteiger partial charge >= 0.3 is 0 Å². The molecule has 1 aliphatic rings. The number of thioether (sulfide) groups is 1. The zero-order valence-electron chi connectivity index (χ0n) is 10.4. The van der Waals surface area contributed by atoms with Crippen LogP contribution in [0, 0.1) is 12.8 Å². The summed E-state index contributed by atoms with van der Waals surface area (Å²) in [4.78, 5) is 1.42. The van der Waals surface area contributed by atoms with Gasteiger partial charge in [-0.2, -0.15) is 0 Å². The minimum absolute atomic E-state index is 0.711. The summed E-state index contributed by atoms with van der Waals surface area (Å²) in [5, 5.41) is 4.20. The molecule has 1 aliphatic carbocycles. The highest BCUT2D eigenvalue weighted by atomic mass is 32.2. The van der Waals surface area contributed by atoms with Gasteiger partial charge in [0.1, 0.15) is 0 Å². The number of nitrogens with one attached hydrogen (secondary N) is 1. The predicted octanol–water partition coefficient (Wildman–Crippen LogP) is 3.47. The fourth-order valence-electron chi connectivity index (χ4n) is 2.49. The van der Waals surface area contributed by atoms with Crippen molar-refractivity contribution in [1.29, 1.82) is 0 Å². The molecule has 1 N–H and O–H groups in total. The maximum Gasteiger partial charge on any atom is 0.0135 e. The van der Waals surface area contributed by atoms with E-state index < -0.39 is 0 Å². The number of benzene rings is 1. The maximum atomic E-state index is 3.43. The van der Waals surface area contributed by atoms with Crippen LogP contribution in [0.25, 0.3) is 0 Å². The summed E-state index contributed by atoms with van der Waals surface area (Å²) in [5.41, 5.74) is 1.34. The van der Waals surface area contributed by atoms with E-state index in [1.807, 2.05) is 11.8 Å². The molecule has 1 saturated carbocycles. The highest BCUT2D eigenvalue weighted by molar-refractivity contribution is 8.00. The van der Waals surface area contributed by atoms with Gasteiger partial charge in [0.05, 0.1) is 0 Å². The topological polar surface area (TPSA) is 12.0 Å². The molecule has 88 valence electrons. The Hall–Kier alpha value is -0.470. The Balaban J connectivity index is 1.98. The molecule has 0 aromatic heterocycles. The molecule has 0 spiro atoms. The van der Waals surface area contributed by atoms with Crippen LogP contribution in [0.1, 0.15) is 25.3 Å². The molecule has 0 saturated heterocycles. The molecule has 3 atom stereocenters. The van der Waals surface area contributed by atoms with E-state index in [2.05, 4.69) is 50.5 Å². The third-order valence-corrected chi connectivity index (χ3v) is 5.17. The van der Waals surface area contributed by atoms with Crippen LogP contribution < -0.4 is 5.32 Å². The fourth-order valence-corrected chi connectivity index (χ4v) is 3.79. The van der Waals surface area contributed by atoms with E-state index in [9.17, 15) is 0 Å². The van der Waals surface area contributed by atoms with Crippen molar-refractivity contribution in [3.05, 3.63) is 29.8 Å². The van der Waals surface area contributed by atoms with E-state index in [4.69, 9.17) is 0 Å². The largest absolute Gasteiger partial charge is 0.317 e. The second kappa shape index (κ2) is 5.24. The lowest BCUT2D eigenvalue weighted by Crippen LogP contribution is -2.29. The van der Waals surface area contributed by atoms with Gasteiger partial charge in [0.25, 0.3) is 0 Å². The summed E-state index contributed by atoms with van der Waals surface area (Å²) in [5.74, 6) is 0.774. The SMILES string of the molecule is CNC1CCC(Sc2ccc(C)cc2)C1C. The molecular weight excluding hydrogens is 214 g/mol. The summed E-state index contributed by atoms with van der Waals surface area (Å²) in [6.45, 7) is 4.52. The first-order valence-corrected chi connectivity index (χ1v) is 6.99. The number of hydrogen-bond acceptors (Lipinski definition) is 2. The number of hydrogen-bond donors (Lipinski definition) is 1. The molecule has 0 radical (unpaired) electrons. The van der Waals surface area contributed by atoms with Gasteiger partial charge < -0.3 is 5.32 Å². The van der Waals surface area contributed by atoms with Crippen molar-refractivity contribution in [1.82, 2.24) is 5.32 Å². The molecule has 1 aromatic rings. The van der Waals surface area contributed by atoms with Crippen molar-refractivity contribution in [3.8, 4) is 0 Å². The van der Waals surface area contributed by atoms with Crippen LogP contribution in [0.15, 0.2) is 29.2 Å². The third-order valence-electron chi connectivity index (χ3n) is 3.66. The highest BCUT2D eigenvalue weighted by Crippen LogP contribution is 2.38. The monoisotopic (exact) mass is 235 g/mol. The molecule has 1 nitrogen and oxygen atoms in total. The van der Waals surface area contributed by atoms with Gasteiger partial charge in [0, 0.05) is 16.2 Å². The molecule has 0 amide bonds. The van der Waals surface area contributed by atoms with E-state index in [0.717, 1.165) is 11.2 Å². The molecule has 3 unspecified atom stereocenters. The first-order chi connectivity index (χ1) is 7.70. The Bertz CT molecular complexity index is 333. The minimum Gasteiger partial charge on any atom is -0.317 e. The minimum atomic E-state index is 0.711. The van der Waals surface area contributed by atoms with Gasteiger partial charge in [-0.25, -0.2) is 0 Å². The lowest BCUT2D eigenvalue weighted by molar-refractivity contribution is 0.464. The molecule has 1 fully saturated rings. The first kappa shape index (κ1) is 12.0. The van der Waals surface area contributed by atoms with Crippen LogP contribution in [0.5, 0.6) is 0 Å². The molecule has 2 rings (SSSR count). The molecular formula is C14H21NS. The Morgan fingerprint density at radius 2 is 1.88 bits per heavy atom. The molecule has 0 aliphatic heterocycles. The molecule has 0 heterocycles. The number of aryl methyl sites for hydroxylation is 1. The van der Waals surface area contributed by atoms with Crippen molar-refractivity contribution < 1.29 is 0 Å². The Morgan fingerprint density at radius 1 is 1.19 bits per heavy atom. The Kier molecular flexibility index (Phi) is 3.93. The van der Waals surface area contributed by atoms with Gasteiger partial charge in [0.15, 0.2) is 0 Å². The van der Waals surface area contributed by atoms with Crippen LogP contribution in [-0.4, -0.2) is 18.3 Å². The second-order valence-electron chi connectivity index (χ2n) is 4.80. The molecule has 16 heavy (non-hydrogen) atoms. The summed E-state index contributed by atoms with van der Waals surface area (Å²) < 4.78 is 0. The van der Waals surface area contributed by atoms with Gasteiger partial charge in [0.2, 0.25) is 0 Å². The van der Waals surface area contributed by atoms with Gasteiger partial charge in [-0.15, -0.1) is 11.8 Å². The highest BCUT2D eigenvalue weighted by Gasteiger charge is 2.32. The molecule has 2 heteroatoms. The summed E-state index contributed by atoms with van der Waals surface area (Å²) in [6.07, 6.45) is 2.66. The van der Waals surface area contributed by atoms with Gasteiger partial charge in [-0.05, 0) is 44.9 Å². The summed E-state index contributed by atoms with van der Waals surface area (Å²) in [7, 11) is 2.08. The van der Waals surface area contributed by atoms with Gasteiger partial charge in [-0.1, -0.05) is 24.6 Å². The van der Waals surface area contributed by atoms with E-state index in [1.165, 1.54) is 23.3 Å². The fraction of sp³-hybridized carbons (Fsp3) is 0.571. The predicted molar refractivity (Wildman–Crippen MR) is 72.1 cm³/mol. The van der Waals surface area contributed by atoms with Crippen molar-refractivity contribution in [3.63, 3.8) is 0 Å². The van der Waals surface area contributed by atoms with Crippen LogP contribution in [0.4, 0.5) is 0 Å². The van der Waals surface area contributed by atoms with Crippen LogP contribution in [0.2, 0.25) is 0 Å². The van der Waals surface area contributed by atoms with Crippen molar-refractivity contribution >= 4 is 11.8 Å². The molecule has 0 bridgehead atoms. The standard InChI is InChI=1S/C14H21NS/c1-10-4-6-12(7-5-10)16-14-9-8-13(15-3)11(14)2/h4-7,11,13-15H,8-9H2,1-3H3. The Morgan fingerprint density at radius 3 is 2.44 bits per heavy atom. The lowest BCUT2D eigenvalue weighted by atomic mass is 10.1. The lowest BCUT2D eigenvalue weighted by Gasteiger charge is -2.19. The second-order valence-corrected chi connectivity index (χ2v) is 6.11. The molecule has 1 aromatic carbocycles. The van der Waals surface area contributed by atoms with Crippen LogP contribution >= 0.6 is 11.8 Å². The third kappa shape index (κ3) is 2.61. The van der Waals surface area contributed by atoms with Gasteiger partial charge in [-0.3, -0.25) is 0 Å². The summed E-state index contributed by atoms with van der Waals surface area (Å²) in [6, 6.07) is 9.62. The van der Waals surface area contributed by atoms with Crippen LogP contribution in [0.3, 0.4) is 0 Å². The van der Waals surface area contributed by atoms with Crippen LogP contribution in [-0.2, 0) is 0 Å². The average molecular weight is 235 g/mol. The zero-order valence-corrected chi connectivity index (χ0v) is 11.2. The average Bonchev–Trinajstić information content (AvgIpc) is 2.63. The van der Waals surface area contributed by atoms with Crippen molar-refractivity contribution in [2.45, 2.75) is 42.9 Å². The van der Waals surface area contributed by atoms with Crippen molar-refractivity contribution in [2.24, 2.45) is 5.92 Å². The van der Waals surface area contributed by atoms with Crippen molar-refractivity contribution in [2.75, 3.05) is 7.05 Å². The first-order valence-electron chi connectivity index (χ1n) is 6.11. The number of rotatable bonds is 3. The Labute approximate surface area is 103 Å². The van der Waals surface area contributed by atoms with E-state index >= 15 is 0 Å². The van der Waals surface area contributed by atoms with E-state index in [0.29, 0.717) is 6.04 Å². The maximum absolute atomic E-state index is 3.43. The summed E-state index contributed by atoms with van der Waals surface area (Å²) >= 11 is 2.05. The normalized spacial score (nSPS) is 29.6. The zero-order chi connectivity index (χ0) is 11.5. The quantitative estimate of drug-likeness (QED) is 0.861.